The van der Waals surface area contributed by atoms with Crippen molar-refractivity contribution in [1.29, 1.82) is 0 Å². The zero-order valence-corrected chi connectivity index (χ0v) is 11.4. The van der Waals surface area contributed by atoms with E-state index >= 15 is 0 Å². The van der Waals surface area contributed by atoms with Gasteiger partial charge in [0.15, 0.2) is 0 Å². The van der Waals surface area contributed by atoms with E-state index in [4.69, 9.17) is 5.73 Å². The van der Waals surface area contributed by atoms with Crippen molar-refractivity contribution in [2.24, 2.45) is 17.6 Å². The minimum Gasteiger partial charge on any atom is -0.354 e. The first-order valence-electron chi connectivity index (χ1n) is 6.76. The molecule has 2 atom stereocenters. The number of carbonyl (C=O) groups is 1. The fraction of sp³-hybridized carbons (Fsp3) is 0.923. The van der Waals surface area contributed by atoms with Crippen molar-refractivity contribution in [3.05, 3.63) is 0 Å². The van der Waals surface area contributed by atoms with Crippen LogP contribution in [0.2, 0.25) is 0 Å². The molecule has 1 fully saturated rings. The van der Waals surface area contributed by atoms with Crippen LogP contribution < -0.4 is 11.1 Å². The van der Waals surface area contributed by atoms with Crippen molar-refractivity contribution in [2.45, 2.75) is 39.7 Å². The van der Waals surface area contributed by atoms with E-state index in [0.717, 1.165) is 13.1 Å². The summed E-state index contributed by atoms with van der Waals surface area (Å²) in [6.07, 6.45) is 2.63. The third kappa shape index (κ3) is 5.04. The minimum atomic E-state index is -0.381. The number of hydrogen-bond donors (Lipinski definition) is 2. The Kier molecular flexibility index (Phi) is 5.92. The van der Waals surface area contributed by atoms with Gasteiger partial charge in [0.1, 0.15) is 0 Å². The second kappa shape index (κ2) is 6.97. The van der Waals surface area contributed by atoms with Gasteiger partial charge in [-0.2, -0.15) is 0 Å². The molecule has 0 saturated carbocycles. The smallest absolute Gasteiger partial charge is 0.237 e. The van der Waals surface area contributed by atoms with Gasteiger partial charge in [0.05, 0.1) is 6.04 Å². The summed E-state index contributed by atoms with van der Waals surface area (Å²) in [5, 5.41) is 2.95. The van der Waals surface area contributed by atoms with Gasteiger partial charge < -0.3 is 16.0 Å². The lowest BCUT2D eigenvalue weighted by molar-refractivity contribution is -0.123. The highest BCUT2D eigenvalue weighted by molar-refractivity contribution is 5.81. The van der Waals surface area contributed by atoms with Crippen LogP contribution in [-0.4, -0.2) is 43.0 Å². The quantitative estimate of drug-likeness (QED) is 0.724. The van der Waals surface area contributed by atoms with Crippen molar-refractivity contribution in [3.8, 4) is 0 Å². The Labute approximate surface area is 105 Å². The lowest BCUT2D eigenvalue weighted by atomic mass is 10.0. The van der Waals surface area contributed by atoms with E-state index in [-0.39, 0.29) is 17.9 Å². The Hall–Kier alpha value is -0.610. The molecule has 1 unspecified atom stereocenters. The van der Waals surface area contributed by atoms with Gasteiger partial charge in [0, 0.05) is 13.1 Å². The molecule has 0 aromatic rings. The molecule has 0 radical (unpaired) electrons. The van der Waals surface area contributed by atoms with Gasteiger partial charge in [0.2, 0.25) is 5.91 Å². The van der Waals surface area contributed by atoms with Gasteiger partial charge in [-0.25, -0.2) is 0 Å². The van der Waals surface area contributed by atoms with Crippen molar-refractivity contribution in [3.63, 3.8) is 0 Å². The number of nitrogens with zero attached hydrogens (tertiary/aromatic N) is 1. The maximum Gasteiger partial charge on any atom is 0.237 e. The highest BCUT2D eigenvalue weighted by atomic mass is 16.2. The van der Waals surface area contributed by atoms with Gasteiger partial charge in [-0.1, -0.05) is 20.8 Å². The first kappa shape index (κ1) is 14.5. The molecule has 4 heteroatoms. The molecular formula is C13H27N3O. The Morgan fingerprint density at radius 1 is 1.29 bits per heavy atom. The van der Waals surface area contributed by atoms with Crippen LogP contribution in [0.5, 0.6) is 0 Å². The molecule has 4 nitrogen and oxygen atoms in total. The molecule has 1 rings (SSSR count). The molecule has 1 aliphatic rings. The molecule has 0 aliphatic carbocycles. The maximum absolute atomic E-state index is 11.7. The third-order valence-electron chi connectivity index (χ3n) is 3.41. The highest BCUT2D eigenvalue weighted by Crippen LogP contribution is 2.09. The van der Waals surface area contributed by atoms with E-state index in [1.165, 1.54) is 25.9 Å². The molecule has 0 spiro atoms. The van der Waals surface area contributed by atoms with Crippen molar-refractivity contribution < 1.29 is 4.79 Å². The van der Waals surface area contributed by atoms with Crippen LogP contribution in [0.3, 0.4) is 0 Å². The maximum atomic E-state index is 11.7. The monoisotopic (exact) mass is 241 g/mol. The van der Waals surface area contributed by atoms with E-state index in [1.807, 2.05) is 13.8 Å². The Morgan fingerprint density at radius 2 is 1.88 bits per heavy atom. The molecule has 0 aromatic carbocycles. The Bertz CT molecular complexity index is 237. The summed E-state index contributed by atoms with van der Waals surface area (Å²) in [6.45, 7) is 10.4. The zero-order valence-electron chi connectivity index (χ0n) is 11.4. The summed E-state index contributed by atoms with van der Waals surface area (Å²) in [4.78, 5) is 14.1. The number of hydrogen-bond acceptors (Lipinski definition) is 3. The van der Waals surface area contributed by atoms with Gasteiger partial charge >= 0.3 is 0 Å². The number of rotatable bonds is 6. The summed E-state index contributed by atoms with van der Waals surface area (Å²) < 4.78 is 0. The van der Waals surface area contributed by atoms with E-state index in [2.05, 4.69) is 17.1 Å². The van der Waals surface area contributed by atoms with Crippen LogP contribution in [0.15, 0.2) is 0 Å². The van der Waals surface area contributed by atoms with Crippen molar-refractivity contribution >= 4 is 5.91 Å². The molecule has 1 aliphatic heterocycles. The molecular weight excluding hydrogens is 214 g/mol. The number of nitrogens with one attached hydrogen (secondary N) is 1. The summed E-state index contributed by atoms with van der Waals surface area (Å²) >= 11 is 0. The first-order chi connectivity index (χ1) is 8.00. The SMILES string of the molecule is CC(CNC(=O)[C@H](N)C(C)C)CN1CCCC1. The highest BCUT2D eigenvalue weighted by Gasteiger charge is 2.19. The first-order valence-corrected chi connectivity index (χ1v) is 6.76. The topological polar surface area (TPSA) is 58.4 Å². The van der Waals surface area contributed by atoms with Crippen LogP contribution in [0.1, 0.15) is 33.6 Å². The van der Waals surface area contributed by atoms with Gasteiger partial charge in [-0.05, 0) is 37.8 Å². The fourth-order valence-electron chi connectivity index (χ4n) is 2.17. The molecule has 1 heterocycles. The Morgan fingerprint density at radius 3 is 2.41 bits per heavy atom. The molecule has 1 amide bonds. The van der Waals surface area contributed by atoms with E-state index in [9.17, 15) is 4.79 Å². The van der Waals surface area contributed by atoms with Crippen molar-refractivity contribution in [2.75, 3.05) is 26.2 Å². The average molecular weight is 241 g/mol. The third-order valence-corrected chi connectivity index (χ3v) is 3.41. The number of likely N-dealkylation sites (tertiary alicyclic amines) is 1. The van der Waals surface area contributed by atoms with Crippen LogP contribution in [0.25, 0.3) is 0 Å². The number of nitrogens with two attached hydrogens (primary N) is 1. The van der Waals surface area contributed by atoms with Gasteiger partial charge in [0.25, 0.3) is 0 Å². The molecule has 1 saturated heterocycles. The lowest BCUT2D eigenvalue weighted by Crippen LogP contribution is -2.46. The normalized spacial score (nSPS) is 20.5. The molecule has 3 N–H and O–H groups in total. The molecule has 100 valence electrons. The number of carbonyl (C=O) groups excluding carboxylic acids is 1. The molecule has 0 aromatic heterocycles. The van der Waals surface area contributed by atoms with Crippen molar-refractivity contribution in [1.82, 2.24) is 10.2 Å². The van der Waals surface area contributed by atoms with Gasteiger partial charge in [-0.15, -0.1) is 0 Å². The van der Waals surface area contributed by atoms with Crippen LogP contribution >= 0.6 is 0 Å². The van der Waals surface area contributed by atoms with Crippen LogP contribution in [-0.2, 0) is 4.79 Å². The standard InChI is InChI=1S/C13H27N3O/c1-10(2)12(14)13(17)15-8-11(3)9-16-6-4-5-7-16/h10-12H,4-9,14H2,1-3H3,(H,15,17)/t11?,12-/m1/s1. The predicted molar refractivity (Wildman–Crippen MR) is 70.7 cm³/mol. The van der Waals surface area contributed by atoms with E-state index in [1.54, 1.807) is 0 Å². The summed E-state index contributed by atoms with van der Waals surface area (Å²) in [7, 11) is 0. The predicted octanol–water partition coefficient (Wildman–Crippen LogP) is 0.818. The summed E-state index contributed by atoms with van der Waals surface area (Å²) in [5.74, 6) is 0.675. The van der Waals surface area contributed by atoms with Gasteiger partial charge in [-0.3, -0.25) is 4.79 Å². The summed E-state index contributed by atoms with van der Waals surface area (Å²) in [5.41, 5.74) is 5.79. The average Bonchev–Trinajstić information content (AvgIpc) is 2.77. The minimum absolute atomic E-state index is 0.0201. The zero-order chi connectivity index (χ0) is 12.8. The molecule has 17 heavy (non-hydrogen) atoms. The second-order valence-corrected chi connectivity index (χ2v) is 5.63. The van der Waals surface area contributed by atoms with E-state index in [0.29, 0.717) is 5.92 Å². The fourth-order valence-corrected chi connectivity index (χ4v) is 2.17. The lowest BCUT2D eigenvalue weighted by Gasteiger charge is -2.22. The largest absolute Gasteiger partial charge is 0.354 e. The van der Waals surface area contributed by atoms with E-state index < -0.39 is 0 Å². The summed E-state index contributed by atoms with van der Waals surface area (Å²) in [6, 6.07) is -0.381. The van der Waals surface area contributed by atoms with Crippen LogP contribution in [0, 0.1) is 11.8 Å². The Balaban J connectivity index is 2.18. The second-order valence-electron chi connectivity index (χ2n) is 5.63. The number of amides is 1. The van der Waals surface area contributed by atoms with Crippen LogP contribution in [0.4, 0.5) is 0 Å². The molecule has 0 bridgehead atoms.